The molecule has 0 unspecified atom stereocenters. The summed E-state index contributed by atoms with van der Waals surface area (Å²) < 4.78 is 4.79. The molecule has 2 saturated heterocycles. The Morgan fingerprint density at radius 3 is 3.07 bits per heavy atom. The number of carbonyl (C=O) groups is 2. The summed E-state index contributed by atoms with van der Waals surface area (Å²) in [7, 11) is 1.40. The average Bonchev–Trinajstić information content (AvgIpc) is 2.23. The second kappa shape index (κ2) is 3.35. The highest BCUT2D eigenvalue weighted by Gasteiger charge is 2.48. The summed E-state index contributed by atoms with van der Waals surface area (Å²) in [6.45, 7) is 0. The first-order valence-electron chi connectivity index (χ1n) is 5.07. The number of hydrogen-bond acceptors (Lipinski definition) is 4. The van der Waals surface area contributed by atoms with Gasteiger partial charge in [-0.2, -0.15) is 0 Å². The maximum absolute atomic E-state index is 11.6. The molecule has 0 amide bonds. The van der Waals surface area contributed by atoms with Crippen molar-refractivity contribution in [2.24, 2.45) is 0 Å². The van der Waals surface area contributed by atoms with Gasteiger partial charge in [0, 0.05) is 6.42 Å². The number of nitrogens with one attached hydrogen (secondary N) is 1. The molecule has 2 bridgehead atoms. The maximum atomic E-state index is 11.6. The van der Waals surface area contributed by atoms with Crippen LogP contribution >= 0.6 is 0 Å². The Morgan fingerprint density at radius 2 is 2.36 bits per heavy atom. The summed E-state index contributed by atoms with van der Waals surface area (Å²) in [6.07, 6.45) is 3.68. The van der Waals surface area contributed by atoms with E-state index in [-0.39, 0.29) is 17.8 Å². The fourth-order valence-electron chi connectivity index (χ4n) is 2.49. The van der Waals surface area contributed by atoms with E-state index in [2.05, 4.69) is 5.32 Å². The van der Waals surface area contributed by atoms with Crippen molar-refractivity contribution in [3.63, 3.8) is 0 Å². The Balaban J connectivity index is 2.20. The van der Waals surface area contributed by atoms with Gasteiger partial charge in [0.05, 0.1) is 13.2 Å². The summed E-state index contributed by atoms with van der Waals surface area (Å²) in [5.41, 5.74) is -0.564. The Morgan fingerprint density at radius 1 is 1.57 bits per heavy atom. The van der Waals surface area contributed by atoms with Crippen molar-refractivity contribution in [3.8, 4) is 0 Å². The Bertz CT molecular complexity index is 277. The normalized spacial score (nSPS) is 36.6. The highest BCUT2D eigenvalue weighted by atomic mass is 16.5. The topological polar surface area (TPSA) is 55.4 Å². The van der Waals surface area contributed by atoms with Crippen LogP contribution in [-0.4, -0.2) is 30.4 Å². The molecule has 1 N–H and O–H groups in total. The van der Waals surface area contributed by atoms with Gasteiger partial charge in [-0.1, -0.05) is 0 Å². The van der Waals surface area contributed by atoms with Gasteiger partial charge in [0.2, 0.25) is 0 Å². The van der Waals surface area contributed by atoms with Crippen LogP contribution < -0.4 is 5.32 Å². The Hall–Kier alpha value is -0.900. The van der Waals surface area contributed by atoms with Gasteiger partial charge in [0.25, 0.3) is 0 Å². The lowest BCUT2D eigenvalue weighted by Gasteiger charge is -2.43. The summed E-state index contributed by atoms with van der Waals surface area (Å²) >= 11 is 0. The van der Waals surface area contributed by atoms with Gasteiger partial charge in [0.1, 0.15) is 11.3 Å². The second-order valence-corrected chi connectivity index (χ2v) is 4.13. The van der Waals surface area contributed by atoms with Crippen LogP contribution in [0.5, 0.6) is 0 Å². The fraction of sp³-hybridized carbons (Fsp3) is 0.800. The van der Waals surface area contributed by atoms with Crippen molar-refractivity contribution in [3.05, 3.63) is 0 Å². The number of methoxy groups -OCH3 is 1. The van der Waals surface area contributed by atoms with E-state index in [1.54, 1.807) is 0 Å². The van der Waals surface area contributed by atoms with Crippen LogP contribution in [0.3, 0.4) is 0 Å². The molecule has 0 aliphatic carbocycles. The number of esters is 1. The minimum Gasteiger partial charge on any atom is -0.468 e. The van der Waals surface area contributed by atoms with E-state index >= 15 is 0 Å². The molecule has 2 aliphatic heterocycles. The SMILES string of the molecule is COC(=O)[C@@]12CCC[C@@H](N1)C(=O)CC2. The Labute approximate surface area is 83.0 Å². The van der Waals surface area contributed by atoms with E-state index in [0.29, 0.717) is 12.8 Å². The molecule has 2 aliphatic rings. The number of carbonyl (C=O) groups excluding carboxylic acids is 2. The first-order valence-corrected chi connectivity index (χ1v) is 5.07. The fourth-order valence-corrected chi connectivity index (χ4v) is 2.49. The van der Waals surface area contributed by atoms with Crippen molar-refractivity contribution < 1.29 is 14.3 Å². The molecule has 4 heteroatoms. The van der Waals surface area contributed by atoms with Crippen LogP contribution in [0.25, 0.3) is 0 Å². The number of fused-ring (bicyclic) bond motifs is 2. The molecular weight excluding hydrogens is 182 g/mol. The molecule has 14 heavy (non-hydrogen) atoms. The van der Waals surface area contributed by atoms with Crippen molar-refractivity contribution in [2.45, 2.75) is 43.7 Å². The molecule has 0 aromatic carbocycles. The smallest absolute Gasteiger partial charge is 0.326 e. The van der Waals surface area contributed by atoms with Crippen LogP contribution in [0.1, 0.15) is 32.1 Å². The molecule has 78 valence electrons. The van der Waals surface area contributed by atoms with Crippen molar-refractivity contribution in [1.29, 1.82) is 0 Å². The summed E-state index contributed by atoms with van der Waals surface area (Å²) in [6, 6.07) is -0.114. The molecule has 2 heterocycles. The minimum atomic E-state index is -0.564. The molecule has 0 aromatic rings. The van der Waals surface area contributed by atoms with Crippen LogP contribution in [0.4, 0.5) is 0 Å². The van der Waals surface area contributed by atoms with Crippen molar-refractivity contribution in [2.75, 3.05) is 7.11 Å². The van der Waals surface area contributed by atoms with E-state index < -0.39 is 5.54 Å². The van der Waals surface area contributed by atoms with Crippen molar-refractivity contribution in [1.82, 2.24) is 5.32 Å². The third-order valence-corrected chi connectivity index (χ3v) is 3.31. The zero-order chi connectivity index (χ0) is 10.2. The lowest BCUT2D eigenvalue weighted by Crippen LogP contribution is -2.64. The predicted molar refractivity (Wildman–Crippen MR) is 49.8 cm³/mol. The number of ether oxygens (including phenoxy) is 1. The zero-order valence-electron chi connectivity index (χ0n) is 8.34. The lowest BCUT2D eigenvalue weighted by molar-refractivity contribution is -0.153. The van der Waals surface area contributed by atoms with Crippen LogP contribution in [0, 0.1) is 0 Å². The van der Waals surface area contributed by atoms with E-state index in [0.717, 1.165) is 19.3 Å². The van der Waals surface area contributed by atoms with E-state index in [1.807, 2.05) is 0 Å². The van der Waals surface area contributed by atoms with Gasteiger partial charge >= 0.3 is 5.97 Å². The summed E-state index contributed by atoms with van der Waals surface area (Å²) in [5, 5.41) is 3.14. The minimum absolute atomic E-state index is 0.114. The average molecular weight is 197 g/mol. The maximum Gasteiger partial charge on any atom is 0.326 e. The first-order chi connectivity index (χ1) is 6.68. The van der Waals surface area contributed by atoms with Gasteiger partial charge < -0.3 is 4.74 Å². The molecular formula is C10H15NO3. The number of piperidine rings is 2. The molecule has 0 aromatic heterocycles. The largest absolute Gasteiger partial charge is 0.468 e. The number of Topliss-reactive ketones (excluding diaryl/α,β-unsaturated/α-hetero) is 1. The third-order valence-electron chi connectivity index (χ3n) is 3.31. The van der Waals surface area contributed by atoms with Crippen LogP contribution in [0.15, 0.2) is 0 Å². The van der Waals surface area contributed by atoms with E-state index in [9.17, 15) is 9.59 Å². The number of rotatable bonds is 1. The molecule has 2 rings (SSSR count). The molecule has 2 atom stereocenters. The lowest BCUT2D eigenvalue weighted by atomic mass is 9.76. The highest BCUT2D eigenvalue weighted by Crippen LogP contribution is 2.33. The third kappa shape index (κ3) is 1.34. The van der Waals surface area contributed by atoms with E-state index in [4.69, 9.17) is 4.74 Å². The van der Waals surface area contributed by atoms with Crippen molar-refractivity contribution >= 4 is 11.8 Å². The highest BCUT2D eigenvalue weighted by molar-refractivity contribution is 5.90. The Kier molecular flexibility index (Phi) is 2.31. The quantitative estimate of drug-likeness (QED) is 0.618. The van der Waals surface area contributed by atoms with Crippen LogP contribution in [0.2, 0.25) is 0 Å². The van der Waals surface area contributed by atoms with Gasteiger partial charge in [-0.25, -0.2) is 0 Å². The van der Waals surface area contributed by atoms with Gasteiger partial charge in [0.15, 0.2) is 0 Å². The van der Waals surface area contributed by atoms with Gasteiger partial charge in [-0.05, 0) is 25.7 Å². The summed E-state index contributed by atoms with van der Waals surface area (Å²) in [4.78, 5) is 23.1. The van der Waals surface area contributed by atoms with Gasteiger partial charge in [-0.3, -0.25) is 14.9 Å². The molecule has 0 saturated carbocycles. The zero-order valence-corrected chi connectivity index (χ0v) is 8.34. The van der Waals surface area contributed by atoms with E-state index in [1.165, 1.54) is 7.11 Å². The molecule has 0 radical (unpaired) electrons. The van der Waals surface area contributed by atoms with Gasteiger partial charge in [-0.15, -0.1) is 0 Å². The first kappa shape index (κ1) is 9.65. The second-order valence-electron chi connectivity index (χ2n) is 4.13. The summed E-state index contributed by atoms with van der Waals surface area (Å²) in [5.74, 6) is 0.0268. The monoisotopic (exact) mass is 197 g/mol. The number of hydrogen-bond donors (Lipinski definition) is 1. The molecule has 4 nitrogen and oxygen atoms in total. The van der Waals surface area contributed by atoms with Crippen LogP contribution in [-0.2, 0) is 14.3 Å². The predicted octanol–water partition coefficient (Wildman–Crippen LogP) is 0.403. The number of ketones is 1. The molecule has 0 spiro atoms. The molecule has 2 fully saturated rings. The standard InChI is InChI=1S/C10H15NO3/c1-14-9(13)10-5-2-3-7(11-10)8(12)4-6-10/h7,11H,2-6H2,1H3/t7-,10+/m1/s1.